The van der Waals surface area contributed by atoms with Crippen molar-refractivity contribution in [3.05, 3.63) is 65.5 Å². The molecule has 2 aliphatic heterocycles. The van der Waals surface area contributed by atoms with E-state index in [1.54, 1.807) is 18.9 Å². The van der Waals surface area contributed by atoms with Crippen LogP contribution in [0, 0.1) is 0 Å². The molecule has 0 aliphatic carbocycles. The Bertz CT molecular complexity index is 1200. The molecule has 36 heavy (non-hydrogen) atoms. The van der Waals surface area contributed by atoms with Crippen molar-refractivity contribution >= 4 is 5.91 Å². The van der Waals surface area contributed by atoms with Gasteiger partial charge < -0.3 is 24.8 Å². The number of hydrogen-bond acceptors (Lipinski definition) is 8. The number of aromatic nitrogens is 3. The summed E-state index contributed by atoms with van der Waals surface area (Å²) in [5.74, 6) is 2.26. The van der Waals surface area contributed by atoms with E-state index >= 15 is 0 Å². The highest BCUT2D eigenvalue weighted by Gasteiger charge is 2.27. The highest BCUT2D eigenvalue weighted by molar-refractivity contribution is 5.76. The average Bonchev–Trinajstić information content (AvgIpc) is 3.35. The van der Waals surface area contributed by atoms with Gasteiger partial charge in [0.15, 0.2) is 0 Å². The molecule has 10 heteroatoms. The van der Waals surface area contributed by atoms with Crippen LogP contribution in [0.4, 0.5) is 0 Å². The first-order valence-corrected chi connectivity index (χ1v) is 12.2. The lowest BCUT2D eigenvalue weighted by atomic mass is 10.00. The van der Waals surface area contributed by atoms with E-state index in [1.165, 1.54) is 0 Å². The molecule has 2 unspecified atom stereocenters. The molecular weight excluding hydrogens is 460 g/mol. The van der Waals surface area contributed by atoms with Crippen molar-refractivity contribution in [3.8, 4) is 17.2 Å². The van der Waals surface area contributed by atoms with Gasteiger partial charge in [0.2, 0.25) is 5.91 Å². The number of hydrogen-bond donors (Lipinski definition) is 2. The third-order valence-electron chi connectivity index (χ3n) is 6.70. The zero-order valence-electron chi connectivity index (χ0n) is 20.6. The second kappa shape index (κ2) is 11.0. The Labute approximate surface area is 210 Å². The maximum absolute atomic E-state index is 12.8. The van der Waals surface area contributed by atoms with Crippen molar-refractivity contribution in [3.63, 3.8) is 0 Å². The number of carbonyl (C=O) groups excluding carboxylic acids is 1. The van der Waals surface area contributed by atoms with E-state index in [2.05, 4.69) is 31.9 Å². The van der Waals surface area contributed by atoms with Crippen LogP contribution >= 0.6 is 0 Å². The van der Waals surface area contributed by atoms with Crippen molar-refractivity contribution in [1.29, 1.82) is 0 Å². The monoisotopic (exact) mass is 492 g/mol. The molecule has 2 N–H and O–H groups in total. The Kier molecular flexibility index (Phi) is 7.33. The summed E-state index contributed by atoms with van der Waals surface area (Å²) in [7, 11) is 3.33. The van der Waals surface area contributed by atoms with Gasteiger partial charge in [0.25, 0.3) is 0 Å². The van der Waals surface area contributed by atoms with E-state index in [0.717, 1.165) is 53.7 Å². The van der Waals surface area contributed by atoms with Crippen LogP contribution < -0.4 is 24.8 Å². The second-order valence-corrected chi connectivity index (χ2v) is 9.00. The number of methoxy groups -OCH3 is 2. The predicted molar refractivity (Wildman–Crippen MR) is 133 cm³/mol. The van der Waals surface area contributed by atoms with E-state index in [0.29, 0.717) is 19.6 Å². The van der Waals surface area contributed by atoms with Crippen molar-refractivity contribution in [2.75, 3.05) is 40.5 Å². The summed E-state index contributed by atoms with van der Waals surface area (Å²) in [6.07, 6.45) is 2.55. The molecule has 2 aliphatic rings. The number of ether oxygens (including phenoxy) is 3. The maximum Gasteiger partial charge on any atom is 0.242 e. The van der Waals surface area contributed by atoms with Crippen LogP contribution in [-0.2, 0) is 17.9 Å². The van der Waals surface area contributed by atoms with Gasteiger partial charge in [-0.05, 0) is 24.3 Å². The SMILES string of the molecule is COc1ccc2c(c1)C(NC(=O)Cn1cc(CN3CCNCC3c3ccccc3OC)nn1)CCO2. The summed E-state index contributed by atoms with van der Waals surface area (Å²) >= 11 is 0. The first-order chi connectivity index (χ1) is 17.6. The molecule has 1 saturated heterocycles. The predicted octanol–water partition coefficient (Wildman–Crippen LogP) is 2.08. The normalized spacial score (nSPS) is 19.7. The largest absolute Gasteiger partial charge is 0.497 e. The number of benzene rings is 2. The van der Waals surface area contributed by atoms with E-state index in [4.69, 9.17) is 14.2 Å². The van der Waals surface area contributed by atoms with Gasteiger partial charge in [-0.1, -0.05) is 23.4 Å². The van der Waals surface area contributed by atoms with Crippen LogP contribution in [0.1, 0.15) is 35.3 Å². The molecule has 2 aromatic carbocycles. The summed E-state index contributed by atoms with van der Waals surface area (Å²) < 4.78 is 18.3. The Balaban J connectivity index is 1.22. The Morgan fingerprint density at radius 2 is 2.08 bits per heavy atom. The minimum absolute atomic E-state index is 0.0984. The Morgan fingerprint density at radius 3 is 2.94 bits per heavy atom. The first-order valence-electron chi connectivity index (χ1n) is 12.2. The van der Waals surface area contributed by atoms with Crippen molar-refractivity contribution in [2.45, 2.75) is 31.6 Å². The minimum Gasteiger partial charge on any atom is -0.497 e. The zero-order valence-corrected chi connectivity index (χ0v) is 20.6. The van der Waals surface area contributed by atoms with Crippen LogP contribution in [-0.4, -0.2) is 66.3 Å². The average molecular weight is 493 g/mol. The Hall–Kier alpha value is -3.63. The molecule has 1 aromatic heterocycles. The number of piperazine rings is 1. The fraction of sp³-hybridized carbons (Fsp3) is 0.423. The summed E-state index contributed by atoms with van der Waals surface area (Å²) in [4.78, 5) is 15.2. The van der Waals surface area contributed by atoms with Gasteiger partial charge in [0, 0.05) is 43.7 Å². The summed E-state index contributed by atoms with van der Waals surface area (Å²) in [5, 5.41) is 15.1. The fourth-order valence-electron chi connectivity index (χ4n) is 4.92. The van der Waals surface area contributed by atoms with Gasteiger partial charge in [-0.3, -0.25) is 9.69 Å². The van der Waals surface area contributed by atoms with Crippen LogP contribution in [0.15, 0.2) is 48.7 Å². The number of rotatable bonds is 8. The van der Waals surface area contributed by atoms with Crippen LogP contribution in [0.3, 0.4) is 0 Å². The number of amides is 1. The van der Waals surface area contributed by atoms with Gasteiger partial charge in [0.05, 0.1) is 44.8 Å². The molecule has 10 nitrogen and oxygen atoms in total. The maximum atomic E-state index is 12.8. The fourth-order valence-corrected chi connectivity index (χ4v) is 4.92. The number of para-hydroxylation sites is 1. The summed E-state index contributed by atoms with van der Waals surface area (Å²) in [6.45, 7) is 3.90. The molecule has 0 saturated carbocycles. The minimum atomic E-state index is -0.137. The van der Waals surface area contributed by atoms with Gasteiger partial charge in [-0.2, -0.15) is 0 Å². The Morgan fingerprint density at radius 1 is 1.19 bits per heavy atom. The molecule has 0 spiro atoms. The third kappa shape index (κ3) is 5.29. The van der Waals surface area contributed by atoms with E-state index < -0.39 is 0 Å². The van der Waals surface area contributed by atoms with E-state index in [1.807, 2.05) is 42.6 Å². The quantitative estimate of drug-likeness (QED) is 0.493. The van der Waals surface area contributed by atoms with Crippen LogP contribution in [0.25, 0.3) is 0 Å². The molecule has 1 amide bonds. The zero-order chi connectivity index (χ0) is 24.9. The topological polar surface area (TPSA) is 103 Å². The van der Waals surface area contributed by atoms with Crippen molar-refractivity contribution in [2.24, 2.45) is 0 Å². The first kappa shape index (κ1) is 24.1. The lowest BCUT2D eigenvalue weighted by Crippen LogP contribution is -2.45. The standard InChI is InChI=1S/C26H32N6O4/c1-34-19-7-8-25-21(13-19)22(9-12-36-25)28-26(33)17-32-16-18(29-30-32)15-31-11-10-27-14-23(31)20-5-3-4-6-24(20)35-2/h3-8,13,16,22-23,27H,9-12,14-15,17H2,1-2H3,(H,28,33). The lowest BCUT2D eigenvalue weighted by Gasteiger charge is -2.36. The molecule has 0 radical (unpaired) electrons. The number of carbonyl (C=O) groups is 1. The summed E-state index contributed by atoms with van der Waals surface area (Å²) in [6, 6.07) is 13.8. The number of fused-ring (bicyclic) bond motifs is 1. The van der Waals surface area contributed by atoms with E-state index in [-0.39, 0.29) is 24.5 Å². The number of nitrogens with zero attached hydrogens (tertiary/aromatic N) is 4. The van der Waals surface area contributed by atoms with Gasteiger partial charge >= 0.3 is 0 Å². The van der Waals surface area contributed by atoms with E-state index in [9.17, 15) is 4.79 Å². The summed E-state index contributed by atoms with van der Waals surface area (Å²) in [5.41, 5.74) is 2.90. The highest BCUT2D eigenvalue weighted by atomic mass is 16.5. The smallest absolute Gasteiger partial charge is 0.242 e. The molecule has 2 atom stereocenters. The van der Waals surface area contributed by atoms with Gasteiger partial charge in [0.1, 0.15) is 23.8 Å². The lowest BCUT2D eigenvalue weighted by molar-refractivity contribution is -0.122. The van der Waals surface area contributed by atoms with Gasteiger partial charge in [-0.25, -0.2) is 4.68 Å². The van der Waals surface area contributed by atoms with Gasteiger partial charge in [-0.15, -0.1) is 5.10 Å². The van der Waals surface area contributed by atoms with Crippen molar-refractivity contribution < 1.29 is 19.0 Å². The molecule has 3 aromatic rings. The molecule has 0 bridgehead atoms. The van der Waals surface area contributed by atoms with Crippen molar-refractivity contribution in [1.82, 2.24) is 30.5 Å². The highest BCUT2D eigenvalue weighted by Crippen LogP contribution is 2.35. The van der Waals surface area contributed by atoms with Crippen LogP contribution in [0.5, 0.6) is 17.2 Å². The molecule has 190 valence electrons. The number of nitrogens with one attached hydrogen (secondary N) is 2. The molecule has 5 rings (SSSR count). The second-order valence-electron chi connectivity index (χ2n) is 9.00. The molecule has 1 fully saturated rings. The third-order valence-corrected chi connectivity index (χ3v) is 6.70. The molecular formula is C26H32N6O4. The molecule has 3 heterocycles. The van der Waals surface area contributed by atoms with Crippen LogP contribution in [0.2, 0.25) is 0 Å².